The van der Waals surface area contributed by atoms with E-state index in [1.165, 1.54) is 0 Å². The second kappa shape index (κ2) is 6.52. The highest BCUT2D eigenvalue weighted by atomic mass is 16.5. The molecule has 0 aliphatic carbocycles. The third kappa shape index (κ3) is 3.23. The number of hydrogen-bond donors (Lipinski definition) is 2. The van der Waals surface area contributed by atoms with Gasteiger partial charge in [0.05, 0.1) is 12.6 Å². The number of anilines is 2. The molecular weight excluding hydrogens is 316 g/mol. The molecule has 0 saturated carbocycles. The van der Waals surface area contributed by atoms with Crippen LogP contribution in [-0.2, 0) is 0 Å². The Hall–Kier alpha value is -3.54. The fraction of sp³-hybridized carbons (Fsp3) is 0.0526. The topological polar surface area (TPSA) is 72.1 Å². The number of rotatable bonds is 5. The lowest BCUT2D eigenvalue weighted by Crippen LogP contribution is -1.96. The molecule has 0 saturated heterocycles. The highest BCUT2D eigenvalue weighted by Gasteiger charge is 2.07. The van der Waals surface area contributed by atoms with Gasteiger partial charge in [-0.3, -0.25) is 5.10 Å². The Labute approximate surface area is 144 Å². The summed E-state index contributed by atoms with van der Waals surface area (Å²) in [6, 6.07) is 20.8. The molecule has 6 heteroatoms. The van der Waals surface area contributed by atoms with Gasteiger partial charge in [0.25, 0.3) is 0 Å². The molecule has 0 amide bonds. The lowest BCUT2D eigenvalue weighted by molar-refractivity contribution is 0.407. The van der Waals surface area contributed by atoms with E-state index < -0.39 is 0 Å². The fourth-order valence-corrected chi connectivity index (χ4v) is 2.51. The van der Waals surface area contributed by atoms with Gasteiger partial charge >= 0.3 is 0 Å². The largest absolute Gasteiger partial charge is 0.497 e. The standard InChI is InChI=1S/C19H16N4O2/c1-24-13-6-4-7-14(12-13)25-18-11-5-10-17(20-18)21-19-15-8-2-3-9-16(15)22-23-19/h2-12H,1H3,(H2,20,21,22,23). The van der Waals surface area contributed by atoms with E-state index in [4.69, 9.17) is 9.47 Å². The number of ether oxygens (including phenoxy) is 2. The summed E-state index contributed by atoms with van der Waals surface area (Å²) in [6.45, 7) is 0. The van der Waals surface area contributed by atoms with Crippen molar-refractivity contribution in [3.8, 4) is 17.4 Å². The quantitative estimate of drug-likeness (QED) is 0.563. The minimum Gasteiger partial charge on any atom is -0.497 e. The summed E-state index contributed by atoms with van der Waals surface area (Å²) in [5.41, 5.74) is 0.966. The zero-order valence-electron chi connectivity index (χ0n) is 13.6. The van der Waals surface area contributed by atoms with Crippen LogP contribution in [0.2, 0.25) is 0 Å². The van der Waals surface area contributed by atoms with Crippen LogP contribution in [-0.4, -0.2) is 22.3 Å². The van der Waals surface area contributed by atoms with Crippen LogP contribution in [0.15, 0.2) is 66.7 Å². The summed E-state index contributed by atoms with van der Waals surface area (Å²) < 4.78 is 11.0. The number of H-pyrrole nitrogens is 1. The van der Waals surface area contributed by atoms with Crippen LogP contribution in [0.25, 0.3) is 10.9 Å². The average Bonchev–Trinajstić information content (AvgIpc) is 3.05. The molecule has 4 rings (SSSR count). The molecule has 0 bridgehead atoms. The minimum absolute atomic E-state index is 0.484. The van der Waals surface area contributed by atoms with Crippen LogP contribution in [0.1, 0.15) is 0 Å². The highest BCUT2D eigenvalue weighted by Crippen LogP contribution is 2.26. The highest BCUT2D eigenvalue weighted by molar-refractivity contribution is 5.90. The van der Waals surface area contributed by atoms with Gasteiger partial charge in [0.1, 0.15) is 17.3 Å². The molecular formula is C19H16N4O2. The normalized spacial score (nSPS) is 10.6. The summed E-state index contributed by atoms with van der Waals surface area (Å²) in [4.78, 5) is 4.48. The van der Waals surface area contributed by atoms with Crippen molar-refractivity contribution in [3.05, 3.63) is 66.7 Å². The van der Waals surface area contributed by atoms with Gasteiger partial charge in [0, 0.05) is 17.5 Å². The molecule has 0 spiro atoms. The van der Waals surface area contributed by atoms with Crippen LogP contribution in [0.5, 0.6) is 17.4 Å². The number of para-hydroxylation sites is 1. The third-order valence-corrected chi connectivity index (χ3v) is 3.70. The Morgan fingerprint density at radius 2 is 1.76 bits per heavy atom. The zero-order valence-corrected chi connectivity index (χ0v) is 13.6. The number of hydrogen-bond acceptors (Lipinski definition) is 5. The summed E-state index contributed by atoms with van der Waals surface area (Å²) in [7, 11) is 1.62. The zero-order chi connectivity index (χ0) is 17.1. The monoisotopic (exact) mass is 332 g/mol. The van der Waals surface area contributed by atoms with E-state index in [1.54, 1.807) is 13.2 Å². The molecule has 4 aromatic rings. The molecule has 0 aliphatic rings. The summed E-state index contributed by atoms with van der Waals surface area (Å²) in [6.07, 6.45) is 0. The van der Waals surface area contributed by atoms with E-state index in [1.807, 2.05) is 60.7 Å². The molecule has 25 heavy (non-hydrogen) atoms. The first-order valence-corrected chi connectivity index (χ1v) is 7.81. The minimum atomic E-state index is 0.484. The number of benzene rings is 2. The Morgan fingerprint density at radius 3 is 2.68 bits per heavy atom. The van der Waals surface area contributed by atoms with Crippen LogP contribution in [0.3, 0.4) is 0 Å². The molecule has 2 heterocycles. The van der Waals surface area contributed by atoms with Gasteiger partial charge in [-0.1, -0.05) is 24.3 Å². The Balaban J connectivity index is 1.57. The van der Waals surface area contributed by atoms with Gasteiger partial charge in [0.2, 0.25) is 5.88 Å². The van der Waals surface area contributed by atoms with Gasteiger partial charge in [-0.2, -0.15) is 10.1 Å². The van der Waals surface area contributed by atoms with Gasteiger partial charge in [0.15, 0.2) is 5.82 Å². The molecule has 2 aromatic heterocycles. The third-order valence-electron chi connectivity index (χ3n) is 3.70. The smallest absolute Gasteiger partial charge is 0.221 e. The van der Waals surface area contributed by atoms with Gasteiger partial charge in [-0.15, -0.1) is 0 Å². The number of aromatic nitrogens is 3. The Bertz CT molecular complexity index is 1010. The van der Waals surface area contributed by atoms with Crippen molar-refractivity contribution in [2.75, 3.05) is 12.4 Å². The number of methoxy groups -OCH3 is 1. The summed E-state index contributed by atoms with van der Waals surface area (Å²) >= 11 is 0. The molecule has 2 N–H and O–H groups in total. The van der Waals surface area contributed by atoms with Crippen molar-refractivity contribution in [3.63, 3.8) is 0 Å². The van der Waals surface area contributed by atoms with Gasteiger partial charge < -0.3 is 14.8 Å². The van der Waals surface area contributed by atoms with Crippen molar-refractivity contribution >= 4 is 22.5 Å². The number of nitrogens with one attached hydrogen (secondary N) is 2. The molecule has 0 unspecified atom stereocenters. The summed E-state index contributed by atoms with van der Waals surface area (Å²) in [5.74, 6) is 3.25. The van der Waals surface area contributed by atoms with E-state index >= 15 is 0 Å². The lowest BCUT2D eigenvalue weighted by Gasteiger charge is -2.08. The first kappa shape index (κ1) is 15.0. The maximum atomic E-state index is 5.81. The van der Waals surface area contributed by atoms with Gasteiger partial charge in [-0.05, 0) is 30.3 Å². The maximum Gasteiger partial charge on any atom is 0.221 e. The molecule has 6 nitrogen and oxygen atoms in total. The van der Waals surface area contributed by atoms with Crippen molar-refractivity contribution in [2.24, 2.45) is 0 Å². The van der Waals surface area contributed by atoms with Crippen LogP contribution < -0.4 is 14.8 Å². The van der Waals surface area contributed by atoms with Crippen LogP contribution in [0, 0.1) is 0 Å². The van der Waals surface area contributed by atoms with Crippen molar-refractivity contribution < 1.29 is 9.47 Å². The molecule has 0 atom stereocenters. The predicted molar refractivity (Wildman–Crippen MR) is 96.7 cm³/mol. The number of aromatic amines is 1. The van der Waals surface area contributed by atoms with E-state index in [0.29, 0.717) is 17.4 Å². The Morgan fingerprint density at radius 1 is 0.920 bits per heavy atom. The average molecular weight is 332 g/mol. The lowest BCUT2D eigenvalue weighted by atomic mass is 10.2. The second-order valence-corrected chi connectivity index (χ2v) is 5.38. The second-order valence-electron chi connectivity index (χ2n) is 5.38. The fourth-order valence-electron chi connectivity index (χ4n) is 2.51. The van der Waals surface area contributed by atoms with Crippen molar-refractivity contribution in [2.45, 2.75) is 0 Å². The summed E-state index contributed by atoms with van der Waals surface area (Å²) in [5, 5.41) is 11.5. The van der Waals surface area contributed by atoms with E-state index in [0.717, 1.165) is 22.5 Å². The first-order valence-electron chi connectivity index (χ1n) is 7.81. The number of pyridine rings is 1. The van der Waals surface area contributed by atoms with Crippen molar-refractivity contribution in [1.29, 1.82) is 0 Å². The first-order chi connectivity index (χ1) is 12.3. The van der Waals surface area contributed by atoms with Gasteiger partial charge in [-0.25, -0.2) is 0 Å². The predicted octanol–water partition coefficient (Wildman–Crippen LogP) is 4.50. The van der Waals surface area contributed by atoms with E-state index in [-0.39, 0.29) is 0 Å². The van der Waals surface area contributed by atoms with Crippen LogP contribution >= 0.6 is 0 Å². The van der Waals surface area contributed by atoms with Crippen LogP contribution in [0.4, 0.5) is 11.6 Å². The van der Waals surface area contributed by atoms with Crippen molar-refractivity contribution in [1.82, 2.24) is 15.2 Å². The number of nitrogens with zero attached hydrogens (tertiary/aromatic N) is 2. The molecule has 0 aliphatic heterocycles. The Kier molecular flexibility index (Phi) is 3.92. The molecule has 2 aromatic carbocycles. The molecule has 0 radical (unpaired) electrons. The van der Waals surface area contributed by atoms with E-state index in [2.05, 4.69) is 20.5 Å². The molecule has 124 valence electrons. The SMILES string of the molecule is COc1cccc(Oc2cccc(Nc3n[nH]c4ccccc34)n2)c1. The van der Waals surface area contributed by atoms with E-state index in [9.17, 15) is 0 Å². The maximum absolute atomic E-state index is 5.81. The number of fused-ring (bicyclic) bond motifs is 1. The molecule has 0 fully saturated rings.